The molecule has 0 aliphatic heterocycles. The molecular weight excluding hydrogens is 241 g/mol. The Bertz CT molecular complexity index is 373. The summed E-state index contributed by atoms with van der Waals surface area (Å²) in [6, 6.07) is 7.30. The smallest absolute Gasteiger partial charge is 0.123 e. The second kappa shape index (κ2) is 7.01. The van der Waals surface area contributed by atoms with Crippen molar-refractivity contribution in [3.63, 3.8) is 0 Å². The number of rotatable bonds is 7. The lowest BCUT2D eigenvalue weighted by Gasteiger charge is -2.37. The Labute approximate surface area is 115 Å². The highest BCUT2D eigenvalue weighted by Crippen LogP contribution is 2.34. The van der Waals surface area contributed by atoms with Crippen LogP contribution in [0, 0.1) is 11.7 Å². The van der Waals surface area contributed by atoms with Crippen molar-refractivity contribution in [2.45, 2.75) is 44.8 Å². The molecule has 2 nitrogen and oxygen atoms in total. The molecule has 0 aromatic heterocycles. The van der Waals surface area contributed by atoms with Crippen LogP contribution in [-0.2, 0) is 11.2 Å². The third-order valence-corrected chi connectivity index (χ3v) is 4.02. The van der Waals surface area contributed by atoms with Crippen LogP contribution in [0.4, 0.5) is 4.39 Å². The molecule has 106 valence electrons. The maximum Gasteiger partial charge on any atom is 0.123 e. The molecule has 1 unspecified atom stereocenters. The first kappa shape index (κ1) is 14.5. The number of likely N-dealkylation sites (N-methyl/N-ethyl adjacent to an activating group) is 1. The number of halogens is 1. The molecule has 0 amide bonds. The monoisotopic (exact) mass is 265 g/mol. The number of hydrogen-bond acceptors (Lipinski definition) is 2. The first-order valence-electron chi connectivity index (χ1n) is 7.24. The summed E-state index contributed by atoms with van der Waals surface area (Å²) in [5, 5.41) is 3.38. The van der Waals surface area contributed by atoms with Gasteiger partial charge < -0.3 is 10.1 Å². The van der Waals surface area contributed by atoms with Crippen molar-refractivity contribution in [3.8, 4) is 0 Å². The minimum absolute atomic E-state index is 0.164. The van der Waals surface area contributed by atoms with E-state index >= 15 is 0 Å². The van der Waals surface area contributed by atoms with Gasteiger partial charge in [0.2, 0.25) is 0 Å². The zero-order valence-corrected chi connectivity index (χ0v) is 11.9. The summed E-state index contributed by atoms with van der Waals surface area (Å²) < 4.78 is 18.5. The molecule has 0 radical (unpaired) electrons. The minimum Gasteiger partial charge on any atom is -0.378 e. The molecule has 0 bridgehead atoms. The maximum absolute atomic E-state index is 12.9. The van der Waals surface area contributed by atoms with E-state index in [0.717, 1.165) is 18.9 Å². The van der Waals surface area contributed by atoms with Crippen molar-refractivity contribution in [1.82, 2.24) is 5.32 Å². The first-order valence-corrected chi connectivity index (χ1v) is 7.24. The summed E-state index contributed by atoms with van der Waals surface area (Å²) in [5.41, 5.74) is 1.20. The van der Waals surface area contributed by atoms with Gasteiger partial charge in [-0.1, -0.05) is 12.1 Å². The third kappa shape index (κ3) is 4.29. The number of ether oxygens (including phenoxy) is 1. The second-order valence-corrected chi connectivity index (χ2v) is 5.47. The Kier molecular flexibility index (Phi) is 5.34. The Morgan fingerprint density at radius 1 is 1.32 bits per heavy atom. The van der Waals surface area contributed by atoms with Crippen LogP contribution >= 0.6 is 0 Å². The van der Waals surface area contributed by atoms with Crippen LogP contribution in [0.3, 0.4) is 0 Å². The fourth-order valence-electron chi connectivity index (χ4n) is 2.85. The van der Waals surface area contributed by atoms with Crippen molar-refractivity contribution in [2.75, 3.05) is 13.7 Å². The zero-order chi connectivity index (χ0) is 13.7. The predicted molar refractivity (Wildman–Crippen MR) is 75.7 cm³/mol. The molecule has 19 heavy (non-hydrogen) atoms. The van der Waals surface area contributed by atoms with E-state index in [2.05, 4.69) is 12.2 Å². The topological polar surface area (TPSA) is 21.3 Å². The molecule has 1 aromatic carbocycles. The molecule has 2 rings (SSSR count). The fourth-order valence-corrected chi connectivity index (χ4v) is 2.85. The number of benzene rings is 1. The van der Waals surface area contributed by atoms with Gasteiger partial charge in [0.25, 0.3) is 0 Å². The van der Waals surface area contributed by atoms with E-state index in [1.54, 1.807) is 0 Å². The molecule has 1 N–H and O–H groups in total. The van der Waals surface area contributed by atoms with Gasteiger partial charge in [0.05, 0.1) is 6.10 Å². The van der Waals surface area contributed by atoms with Crippen molar-refractivity contribution in [2.24, 2.45) is 5.92 Å². The van der Waals surface area contributed by atoms with Crippen LogP contribution in [0.5, 0.6) is 0 Å². The van der Waals surface area contributed by atoms with Gasteiger partial charge >= 0.3 is 0 Å². The van der Waals surface area contributed by atoms with Crippen LogP contribution in [-0.4, -0.2) is 25.8 Å². The van der Waals surface area contributed by atoms with Gasteiger partial charge in [0.1, 0.15) is 5.82 Å². The van der Waals surface area contributed by atoms with Gasteiger partial charge in [-0.25, -0.2) is 4.39 Å². The largest absolute Gasteiger partial charge is 0.378 e. The average molecular weight is 265 g/mol. The molecule has 0 heterocycles. The molecule has 0 saturated heterocycles. The normalized spacial score (nSPS) is 23.9. The predicted octanol–water partition coefficient (Wildman–Crippen LogP) is 3.16. The molecular formula is C16H24FNO. The Morgan fingerprint density at radius 2 is 2.00 bits per heavy atom. The van der Waals surface area contributed by atoms with E-state index in [-0.39, 0.29) is 5.82 Å². The quantitative estimate of drug-likeness (QED) is 0.817. The van der Waals surface area contributed by atoms with Gasteiger partial charge in [-0.15, -0.1) is 0 Å². The van der Waals surface area contributed by atoms with Crippen molar-refractivity contribution in [3.05, 3.63) is 35.6 Å². The molecule has 0 spiro atoms. The van der Waals surface area contributed by atoms with E-state index in [1.807, 2.05) is 19.2 Å². The molecule has 1 saturated carbocycles. The molecule has 3 heteroatoms. The van der Waals surface area contributed by atoms with E-state index in [1.165, 1.54) is 37.0 Å². The minimum atomic E-state index is -0.164. The fraction of sp³-hybridized carbons (Fsp3) is 0.625. The van der Waals surface area contributed by atoms with Crippen LogP contribution in [0.15, 0.2) is 24.3 Å². The summed E-state index contributed by atoms with van der Waals surface area (Å²) in [6.07, 6.45) is 5.01. The Balaban J connectivity index is 1.76. The number of hydrogen-bond donors (Lipinski definition) is 1. The summed E-state index contributed by atoms with van der Waals surface area (Å²) >= 11 is 0. The molecule has 1 fully saturated rings. The summed E-state index contributed by atoms with van der Waals surface area (Å²) in [4.78, 5) is 0. The Morgan fingerprint density at radius 3 is 2.58 bits per heavy atom. The lowest BCUT2D eigenvalue weighted by atomic mass is 9.77. The van der Waals surface area contributed by atoms with E-state index in [0.29, 0.717) is 12.1 Å². The molecule has 1 aliphatic rings. The highest BCUT2D eigenvalue weighted by Gasteiger charge is 2.30. The van der Waals surface area contributed by atoms with E-state index < -0.39 is 0 Å². The highest BCUT2D eigenvalue weighted by atomic mass is 19.1. The number of nitrogens with one attached hydrogen (secondary N) is 1. The summed E-state index contributed by atoms with van der Waals surface area (Å²) in [6.45, 7) is 2.88. The van der Waals surface area contributed by atoms with Gasteiger partial charge in [-0.2, -0.15) is 0 Å². The van der Waals surface area contributed by atoms with Crippen molar-refractivity contribution >= 4 is 0 Å². The van der Waals surface area contributed by atoms with Gasteiger partial charge in [0, 0.05) is 12.6 Å². The maximum atomic E-state index is 12.9. The molecule has 1 aliphatic carbocycles. The zero-order valence-electron chi connectivity index (χ0n) is 11.9. The lowest BCUT2D eigenvalue weighted by Crippen LogP contribution is -2.38. The van der Waals surface area contributed by atoms with Crippen molar-refractivity contribution in [1.29, 1.82) is 0 Å². The summed E-state index contributed by atoms with van der Waals surface area (Å²) in [7, 11) is 2.01. The van der Waals surface area contributed by atoms with Gasteiger partial charge in [0.15, 0.2) is 0 Å². The average Bonchev–Trinajstić information content (AvgIpc) is 2.37. The molecule has 1 aromatic rings. The standard InChI is InChI=1S/C16H24FNO/c1-3-19-16-10-13(11-16)9-15(18-2)8-12-4-6-14(17)7-5-12/h4-7,13,15-16,18H,3,8-11H2,1-2H3. The van der Waals surface area contributed by atoms with Crippen LogP contribution < -0.4 is 5.32 Å². The van der Waals surface area contributed by atoms with Gasteiger partial charge in [-0.05, 0) is 63.3 Å². The Hall–Kier alpha value is -0.930. The third-order valence-electron chi connectivity index (χ3n) is 4.02. The van der Waals surface area contributed by atoms with E-state index in [9.17, 15) is 4.39 Å². The van der Waals surface area contributed by atoms with Gasteiger partial charge in [-0.3, -0.25) is 0 Å². The van der Waals surface area contributed by atoms with Crippen molar-refractivity contribution < 1.29 is 9.13 Å². The summed E-state index contributed by atoms with van der Waals surface area (Å²) in [5.74, 6) is 0.609. The first-order chi connectivity index (χ1) is 9.21. The highest BCUT2D eigenvalue weighted by molar-refractivity contribution is 5.17. The van der Waals surface area contributed by atoms with Crippen LogP contribution in [0.2, 0.25) is 0 Å². The SMILES string of the molecule is CCOC1CC(CC(Cc2ccc(F)cc2)NC)C1. The molecule has 1 atom stereocenters. The van der Waals surface area contributed by atoms with Crippen LogP contribution in [0.1, 0.15) is 31.7 Å². The van der Waals surface area contributed by atoms with E-state index in [4.69, 9.17) is 4.74 Å². The lowest BCUT2D eigenvalue weighted by molar-refractivity contribution is -0.0288. The second-order valence-electron chi connectivity index (χ2n) is 5.47. The van der Waals surface area contributed by atoms with Crippen LogP contribution in [0.25, 0.3) is 0 Å².